The average Bonchev–Trinajstić information content (AvgIpc) is 2.71. The molecule has 0 saturated carbocycles. The quantitative estimate of drug-likeness (QED) is 0.781. The highest BCUT2D eigenvalue weighted by molar-refractivity contribution is 8.13. The summed E-state index contributed by atoms with van der Waals surface area (Å²) in [6, 6.07) is 16.2. The summed E-state index contributed by atoms with van der Waals surface area (Å²) in [4.78, 5) is 19.7. The van der Waals surface area contributed by atoms with Crippen LogP contribution in [-0.4, -0.2) is 22.0 Å². The smallest absolute Gasteiger partial charge is 0.238 e. The summed E-state index contributed by atoms with van der Waals surface area (Å²) >= 11 is 1.52. The Morgan fingerprint density at radius 3 is 2.48 bits per heavy atom. The van der Waals surface area contributed by atoms with Crippen molar-refractivity contribution in [2.45, 2.75) is 18.3 Å². The first-order chi connectivity index (χ1) is 13.2. The van der Waals surface area contributed by atoms with Crippen molar-refractivity contribution < 1.29 is 9.18 Å². The van der Waals surface area contributed by atoms with E-state index in [-0.39, 0.29) is 23.7 Å². The van der Waals surface area contributed by atoms with Crippen molar-refractivity contribution in [3.63, 3.8) is 0 Å². The molecule has 0 saturated heterocycles. The molecule has 1 aliphatic carbocycles. The fraction of sp³-hybridized carbons (Fsp3) is 0.182. The lowest BCUT2D eigenvalue weighted by Crippen LogP contribution is -2.46. The van der Waals surface area contributed by atoms with Gasteiger partial charge in [0.1, 0.15) is 5.82 Å². The number of carbonyl (C=O) groups excluding carboxylic acids is 1. The summed E-state index contributed by atoms with van der Waals surface area (Å²) in [5, 5.41) is 0.717. The van der Waals surface area contributed by atoms with Crippen molar-refractivity contribution in [1.82, 2.24) is 4.90 Å². The van der Waals surface area contributed by atoms with E-state index in [1.54, 1.807) is 17.0 Å². The van der Waals surface area contributed by atoms with Crippen LogP contribution in [0.2, 0.25) is 0 Å². The minimum atomic E-state index is -0.249. The van der Waals surface area contributed by atoms with E-state index in [4.69, 9.17) is 4.99 Å². The van der Waals surface area contributed by atoms with E-state index in [1.807, 2.05) is 54.6 Å². The van der Waals surface area contributed by atoms with Crippen molar-refractivity contribution in [2.24, 2.45) is 10.9 Å². The molecule has 0 radical (unpaired) electrons. The van der Waals surface area contributed by atoms with Crippen LogP contribution >= 0.6 is 11.8 Å². The Bertz CT molecular complexity index is 906. The summed E-state index contributed by atoms with van der Waals surface area (Å²) < 4.78 is 13.1. The third-order valence-electron chi connectivity index (χ3n) is 4.61. The number of benzene rings is 2. The number of nitrogens with zero attached hydrogens (tertiary/aromatic N) is 2. The lowest BCUT2D eigenvalue weighted by Gasteiger charge is -2.34. The molecule has 2 aliphatic rings. The predicted octanol–water partition coefficient (Wildman–Crippen LogP) is 4.57. The molecule has 136 valence electrons. The highest BCUT2D eigenvalue weighted by Gasteiger charge is 2.36. The monoisotopic (exact) mass is 378 g/mol. The van der Waals surface area contributed by atoms with Crippen molar-refractivity contribution in [3.05, 3.63) is 95.8 Å². The van der Waals surface area contributed by atoms with Crippen molar-refractivity contribution in [2.75, 3.05) is 0 Å². The molecule has 2 aromatic carbocycles. The maximum atomic E-state index is 13.1. The number of halogens is 1. The Kier molecular flexibility index (Phi) is 5.21. The molecule has 4 rings (SSSR count). The van der Waals surface area contributed by atoms with Gasteiger partial charge >= 0.3 is 0 Å². The van der Waals surface area contributed by atoms with Gasteiger partial charge in [0.05, 0.1) is 18.5 Å². The van der Waals surface area contributed by atoms with Crippen LogP contribution in [0.4, 0.5) is 4.39 Å². The lowest BCUT2D eigenvalue weighted by molar-refractivity contribution is -0.131. The zero-order valence-corrected chi connectivity index (χ0v) is 15.5. The largest absolute Gasteiger partial charge is 0.286 e. The van der Waals surface area contributed by atoms with Gasteiger partial charge in [-0.3, -0.25) is 14.7 Å². The Labute approximate surface area is 162 Å². The Morgan fingerprint density at radius 2 is 1.70 bits per heavy atom. The third-order valence-corrected chi connectivity index (χ3v) is 5.67. The second kappa shape index (κ2) is 7.92. The van der Waals surface area contributed by atoms with Gasteiger partial charge in [0, 0.05) is 5.75 Å². The van der Waals surface area contributed by atoms with Gasteiger partial charge in [-0.25, -0.2) is 4.39 Å². The molecule has 0 spiro atoms. The van der Waals surface area contributed by atoms with E-state index in [0.717, 1.165) is 16.3 Å². The lowest BCUT2D eigenvalue weighted by atomic mass is 9.93. The number of hydrogen-bond donors (Lipinski definition) is 0. The molecule has 1 amide bonds. The van der Waals surface area contributed by atoms with Gasteiger partial charge < -0.3 is 0 Å². The zero-order chi connectivity index (χ0) is 18.6. The fourth-order valence-corrected chi connectivity index (χ4v) is 4.17. The van der Waals surface area contributed by atoms with Gasteiger partial charge in [-0.2, -0.15) is 0 Å². The van der Waals surface area contributed by atoms with E-state index in [0.29, 0.717) is 12.3 Å². The zero-order valence-electron chi connectivity index (χ0n) is 14.7. The molecule has 0 fully saturated rings. The first kappa shape index (κ1) is 17.7. The SMILES string of the molecule is O=C1[C@H]2C=CC=C[C@H]2N=C(SCc2ccc(F)cc2)N1Cc1ccccc1. The second-order valence-corrected chi connectivity index (χ2v) is 7.47. The molecule has 3 nitrogen and oxygen atoms in total. The van der Waals surface area contributed by atoms with Crippen LogP contribution in [0.5, 0.6) is 0 Å². The number of allylic oxidation sites excluding steroid dienone is 2. The standard InChI is InChI=1S/C22H19FN2OS/c23-18-12-10-17(11-13-18)15-27-22-24-20-9-5-4-8-19(20)21(26)25(22)14-16-6-2-1-3-7-16/h1-13,19-20H,14-15H2/t19-,20+/m0/s1. The molecule has 2 aromatic rings. The number of aliphatic imine (C=N–C) groups is 1. The normalized spacial score (nSPS) is 21.1. The molecule has 0 aromatic heterocycles. The maximum absolute atomic E-state index is 13.1. The van der Waals surface area contributed by atoms with Crippen LogP contribution in [-0.2, 0) is 17.1 Å². The number of rotatable bonds is 4. The van der Waals surface area contributed by atoms with Crippen LogP contribution < -0.4 is 0 Å². The number of amidine groups is 1. The maximum Gasteiger partial charge on any atom is 0.238 e. The predicted molar refractivity (Wildman–Crippen MR) is 108 cm³/mol. The van der Waals surface area contributed by atoms with Crippen molar-refractivity contribution in [1.29, 1.82) is 0 Å². The Morgan fingerprint density at radius 1 is 0.963 bits per heavy atom. The van der Waals surface area contributed by atoms with E-state index in [1.165, 1.54) is 23.9 Å². The van der Waals surface area contributed by atoms with Crippen LogP contribution in [0.3, 0.4) is 0 Å². The van der Waals surface area contributed by atoms with E-state index in [2.05, 4.69) is 0 Å². The second-order valence-electron chi connectivity index (χ2n) is 6.52. The van der Waals surface area contributed by atoms with Crippen molar-refractivity contribution >= 4 is 22.8 Å². The third kappa shape index (κ3) is 4.03. The molecule has 1 heterocycles. The molecule has 5 heteroatoms. The summed E-state index contributed by atoms with van der Waals surface area (Å²) in [6.07, 6.45) is 7.75. The van der Waals surface area contributed by atoms with E-state index < -0.39 is 0 Å². The number of carbonyl (C=O) groups is 1. The van der Waals surface area contributed by atoms with E-state index in [9.17, 15) is 9.18 Å². The van der Waals surface area contributed by atoms with Crippen LogP contribution in [0, 0.1) is 11.7 Å². The van der Waals surface area contributed by atoms with Gasteiger partial charge in [-0.15, -0.1) is 0 Å². The summed E-state index contributed by atoms with van der Waals surface area (Å²) in [6.45, 7) is 0.496. The molecule has 0 bridgehead atoms. The Hall–Kier alpha value is -2.66. The molecule has 1 aliphatic heterocycles. The van der Waals surface area contributed by atoms with Gasteiger partial charge in [-0.1, -0.05) is 78.5 Å². The minimum Gasteiger partial charge on any atom is -0.286 e. The Balaban J connectivity index is 1.58. The van der Waals surface area contributed by atoms with Gasteiger partial charge in [-0.05, 0) is 23.3 Å². The summed E-state index contributed by atoms with van der Waals surface area (Å²) in [5.74, 6) is 0.214. The first-order valence-corrected chi connectivity index (χ1v) is 9.84. The molecule has 0 unspecified atom stereocenters. The summed E-state index contributed by atoms with van der Waals surface area (Å²) in [7, 11) is 0. The number of amides is 1. The number of fused-ring (bicyclic) bond motifs is 1. The van der Waals surface area contributed by atoms with Gasteiger partial charge in [0.15, 0.2) is 5.17 Å². The van der Waals surface area contributed by atoms with E-state index >= 15 is 0 Å². The van der Waals surface area contributed by atoms with Crippen LogP contribution in [0.1, 0.15) is 11.1 Å². The highest BCUT2D eigenvalue weighted by Crippen LogP contribution is 2.30. The number of thioether (sulfide) groups is 1. The van der Waals surface area contributed by atoms with Crippen LogP contribution in [0.15, 0.2) is 83.9 Å². The highest BCUT2D eigenvalue weighted by atomic mass is 32.2. The first-order valence-electron chi connectivity index (χ1n) is 8.86. The van der Waals surface area contributed by atoms with Gasteiger partial charge in [0.2, 0.25) is 5.91 Å². The number of hydrogen-bond acceptors (Lipinski definition) is 3. The van der Waals surface area contributed by atoms with Crippen molar-refractivity contribution in [3.8, 4) is 0 Å². The average molecular weight is 378 g/mol. The molecular weight excluding hydrogens is 359 g/mol. The topological polar surface area (TPSA) is 32.7 Å². The molecule has 27 heavy (non-hydrogen) atoms. The molecular formula is C22H19FN2OS. The van der Waals surface area contributed by atoms with Gasteiger partial charge in [0.25, 0.3) is 0 Å². The van der Waals surface area contributed by atoms with Crippen LogP contribution in [0.25, 0.3) is 0 Å². The minimum absolute atomic E-state index is 0.0704. The summed E-state index contributed by atoms with van der Waals surface area (Å²) in [5.41, 5.74) is 2.06. The fourth-order valence-electron chi connectivity index (χ4n) is 3.17. The molecule has 2 atom stereocenters. The molecule has 0 N–H and O–H groups in total.